The first kappa shape index (κ1) is 16.0. The highest BCUT2D eigenvalue weighted by molar-refractivity contribution is 5.76. The smallest absolute Gasteiger partial charge is 0.220 e. The third kappa shape index (κ3) is 4.58. The average molecular weight is 301 g/mol. The number of halogens is 1. The molecule has 0 radical (unpaired) electrons. The Morgan fingerprint density at radius 3 is 2.45 bits per heavy atom. The summed E-state index contributed by atoms with van der Waals surface area (Å²) < 4.78 is 18.7. The highest BCUT2D eigenvalue weighted by Crippen LogP contribution is 2.18. The Bertz CT molecular complexity index is 628. The Balaban J connectivity index is 1.75. The number of hydrogen-bond acceptors (Lipinski definition) is 2. The zero-order valence-corrected chi connectivity index (χ0v) is 12.6. The van der Waals surface area contributed by atoms with Crippen molar-refractivity contribution in [3.63, 3.8) is 0 Å². The van der Waals surface area contributed by atoms with Crippen molar-refractivity contribution in [2.75, 3.05) is 13.7 Å². The van der Waals surface area contributed by atoms with Crippen molar-refractivity contribution in [1.82, 2.24) is 5.32 Å². The minimum Gasteiger partial charge on any atom is -0.496 e. The molecule has 0 aromatic heterocycles. The fraction of sp³-hybridized carbons (Fsp3) is 0.278. The normalized spacial score (nSPS) is 10.3. The van der Waals surface area contributed by atoms with Gasteiger partial charge in [0.25, 0.3) is 0 Å². The molecule has 2 aromatic rings. The summed E-state index contributed by atoms with van der Waals surface area (Å²) in [5.41, 5.74) is 1.63. The van der Waals surface area contributed by atoms with Gasteiger partial charge in [0.15, 0.2) is 0 Å². The fourth-order valence-electron chi connectivity index (χ4n) is 2.28. The number of carbonyl (C=O) groups excluding carboxylic acids is 1. The maximum Gasteiger partial charge on any atom is 0.220 e. The summed E-state index contributed by atoms with van der Waals surface area (Å²) in [6.07, 6.45) is 1.50. The summed E-state index contributed by atoms with van der Waals surface area (Å²) in [6.45, 7) is 0.436. The highest BCUT2D eigenvalue weighted by Gasteiger charge is 2.06. The second-order valence-corrected chi connectivity index (χ2v) is 5.00. The molecular weight excluding hydrogens is 281 g/mol. The number of carbonyl (C=O) groups is 1. The summed E-state index contributed by atoms with van der Waals surface area (Å²) in [7, 11) is 1.62. The number of para-hydroxylation sites is 1. The summed E-state index contributed by atoms with van der Waals surface area (Å²) in [5.74, 6) is 0.523. The lowest BCUT2D eigenvalue weighted by Crippen LogP contribution is -2.26. The first-order chi connectivity index (χ1) is 10.7. The monoisotopic (exact) mass is 301 g/mol. The molecule has 2 rings (SSSR count). The minimum absolute atomic E-state index is 0.0396. The molecule has 0 saturated heterocycles. The van der Waals surface area contributed by atoms with Crippen LogP contribution in [0.2, 0.25) is 0 Å². The van der Waals surface area contributed by atoms with Gasteiger partial charge in [0.05, 0.1) is 7.11 Å². The Labute approximate surface area is 130 Å². The van der Waals surface area contributed by atoms with Gasteiger partial charge >= 0.3 is 0 Å². The molecule has 0 atom stereocenters. The molecule has 0 aliphatic carbocycles. The summed E-state index contributed by atoms with van der Waals surface area (Å²) in [4.78, 5) is 11.8. The molecule has 0 bridgehead atoms. The summed E-state index contributed by atoms with van der Waals surface area (Å²) in [6, 6.07) is 14.3. The minimum atomic E-state index is -0.231. The summed E-state index contributed by atoms with van der Waals surface area (Å²) in [5, 5.41) is 2.82. The van der Waals surface area contributed by atoms with E-state index in [4.69, 9.17) is 4.74 Å². The van der Waals surface area contributed by atoms with E-state index in [1.807, 2.05) is 24.3 Å². The second-order valence-electron chi connectivity index (χ2n) is 5.00. The second kappa shape index (κ2) is 8.17. The van der Waals surface area contributed by atoms with Gasteiger partial charge in [-0.15, -0.1) is 0 Å². The van der Waals surface area contributed by atoms with Crippen LogP contribution in [0.4, 0.5) is 4.39 Å². The molecule has 0 spiro atoms. The van der Waals surface area contributed by atoms with E-state index in [1.54, 1.807) is 25.3 Å². The zero-order valence-electron chi connectivity index (χ0n) is 12.6. The maximum atomic E-state index is 13.4. The van der Waals surface area contributed by atoms with Crippen LogP contribution in [0, 0.1) is 5.82 Å². The molecular formula is C18H20FNO2. The van der Waals surface area contributed by atoms with E-state index in [0.717, 1.165) is 11.3 Å². The zero-order chi connectivity index (χ0) is 15.8. The van der Waals surface area contributed by atoms with Crippen molar-refractivity contribution in [2.24, 2.45) is 0 Å². The van der Waals surface area contributed by atoms with Crippen LogP contribution in [-0.2, 0) is 17.6 Å². The van der Waals surface area contributed by atoms with E-state index in [0.29, 0.717) is 31.4 Å². The number of aryl methyl sites for hydroxylation is 1. The standard InChI is InChI=1S/C18H20FNO2/c1-22-17-9-5-3-7-15(17)10-11-18(21)20-13-12-14-6-2-4-8-16(14)19/h2-9H,10-13H2,1H3,(H,20,21). The predicted molar refractivity (Wildman–Crippen MR) is 84.4 cm³/mol. The van der Waals surface area contributed by atoms with Crippen molar-refractivity contribution in [3.8, 4) is 5.75 Å². The Morgan fingerprint density at radius 2 is 1.73 bits per heavy atom. The number of nitrogens with one attached hydrogen (secondary N) is 1. The van der Waals surface area contributed by atoms with Crippen molar-refractivity contribution in [3.05, 3.63) is 65.5 Å². The highest BCUT2D eigenvalue weighted by atomic mass is 19.1. The van der Waals surface area contributed by atoms with Crippen LogP contribution in [0.25, 0.3) is 0 Å². The van der Waals surface area contributed by atoms with Gasteiger partial charge < -0.3 is 10.1 Å². The SMILES string of the molecule is COc1ccccc1CCC(=O)NCCc1ccccc1F. The molecule has 116 valence electrons. The van der Waals surface area contributed by atoms with Crippen LogP contribution in [0.3, 0.4) is 0 Å². The first-order valence-electron chi connectivity index (χ1n) is 7.32. The molecule has 0 aliphatic heterocycles. The van der Waals surface area contributed by atoms with E-state index in [1.165, 1.54) is 6.07 Å². The van der Waals surface area contributed by atoms with Crippen molar-refractivity contribution < 1.29 is 13.9 Å². The Kier molecular flexibility index (Phi) is 5.95. The first-order valence-corrected chi connectivity index (χ1v) is 7.32. The van der Waals surface area contributed by atoms with Gasteiger partial charge in [-0.2, -0.15) is 0 Å². The van der Waals surface area contributed by atoms with Gasteiger partial charge in [0.1, 0.15) is 11.6 Å². The van der Waals surface area contributed by atoms with Gasteiger partial charge in [-0.3, -0.25) is 4.79 Å². The molecule has 0 aliphatic rings. The van der Waals surface area contributed by atoms with Crippen LogP contribution < -0.4 is 10.1 Å². The van der Waals surface area contributed by atoms with Crippen LogP contribution in [0.15, 0.2) is 48.5 Å². The molecule has 1 N–H and O–H groups in total. The van der Waals surface area contributed by atoms with Gasteiger partial charge in [-0.1, -0.05) is 36.4 Å². The number of ether oxygens (including phenoxy) is 1. The fourth-order valence-corrected chi connectivity index (χ4v) is 2.28. The van der Waals surface area contributed by atoms with Crippen LogP contribution in [0.5, 0.6) is 5.75 Å². The van der Waals surface area contributed by atoms with Crippen LogP contribution in [0.1, 0.15) is 17.5 Å². The number of benzene rings is 2. The molecule has 0 fully saturated rings. The van der Waals surface area contributed by atoms with Gasteiger partial charge in [-0.25, -0.2) is 4.39 Å². The molecule has 1 amide bonds. The Hall–Kier alpha value is -2.36. The average Bonchev–Trinajstić information content (AvgIpc) is 2.55. The van der Waals surface area contributed by atoms with Gasteiger partial charge in [0, 0.05) is 13.0 Å². The molecule has 3 nitrogen and oxygen atoms in total. The molecule has 22 heavy (non-hydrogen) atoms. The van der Waals surface area contributed by atoms with Crippen LogP contribution in [-0.4, -0.2) is 19.6 Å². The third-order valence-electron chi connectivity index (χ3n) is 3.49. The lowest BCUT2D eigenvalue weighted by atomic mass is 10.1. The van der Waals surface area contributed by atoms with Crippen molar-refractivity contribution >= 4 is 5.91 Å². The molecule has 2 aromatic carbocycles. The largest absolute Gasteiger partial charge is 0.496 e. The number of rotatable bonds is 7. The van der Waals surface area contributed by atoms with Gasteiger partial charge in [0.2, 0.25) is 5.91 Å². The van der Waals surface area contributed by atoms with Crippen LogP contribution >= 0.6 is 0 Å². The lowest BCUT2D eigenvalue weighted by molar-refractivity contribution is -0.121. The third-order valence-corrected chi connectivity index (χ3v) is 3.49. The number of amides is 1. The van der Waals surface area contributed by atoms with E-state index < -0.39 is 0 Å². The molecule has 0 heterocycles. The van der Waals surface area contributed by atoms with E-state index in [2.05, 4.69) is 5.32 Å². The topological polar surface area (TPSA) is 38.3 Å². The van der Waals surface area contributed by atoms with Crippen molar-refractivity contribution in [1.29, 1.82) is 0 Å². The number of hydrogen-bond donors (Lipinski definition) is 1. The van der Waals surface area contributed by atoms with Crippen molar-refractivity contribution in [2.45, 2.75) is 19.3 Å². The van der Waals surface area contributed by atoms with E-state index in [-0.39, 0.29) is 11.7 Å². The predicted octanol–water partition coefficient (Wildman–Crippen LogP) is 3.13. The van der Waals surface area contributed by atoms with E-state index >= 15 is 0 Å². The summed E-state index contributed by atoms with van der Waals surface area (Å²) >= 11 is 0. The van der Waals surface area contributed by atoms with Gasteiger partial charge in [-0.05, 0) is 36.1 Å². The molecule has 0 unspecified atom stereocenters. The Morgan fingerprint density at radius 1 is 1.05 bits per heavy atom. The molecule has 0 saturated carbocycles. The van der Waals surface area contributed by atoms with E-state index in [9.17, 15) is 9.18 Å². The lowest BCUT2D eigenvalue weighted by Gasteiger charge is -2.09. The maximum absolute atomic E-state index is 13.4. The quantitative estimate of drug-likeness (QED) is 0.853. The number of methoxy groups -OCH3 is 1. The molecule has 4 heteroatoms.